The summed E-state index contributed by atoms with van der Waals surface area (Å²) in [6.45, 7) is 0.678. The average Bonchev–Trinajstić information content (AvgIpc) is 2.73. The quantitative estimate of drug-likeness (QED) is 0.502. The number of carbonyl (C=O) groups is 2. The molecule has 2 aromatic rings. The van der Waals surface area contributed by atoms with Crippen molar-refractivity contribution < 1.29 is 75.2 Å². The zero-order valence-electron chi connectivity index (χ0n) is 18.6. The molecule has 4 rings (SSSR count). The van der Waals surface area contributed by atoms with Crippen LogP contribution < -0.4 is 67.2 Å². The molecule has 0 atom stereocenters. The SMILES string of the molecule is COCC1CC2(C1)CN(C)C(=O)c1c([O-])c(=O)c(C(=O)NCc3cccc(Cl)c3F)cn12.[K+]. The van der Waals surface area contributed by atoms with E-state index < -0.39 is 34.3 Å². The minimum Gasteiger partial charge on any atom is -0.868 e. The van der Waals surface area contributed by atoms with E-state index in [9.17, 15) is 23.9 Å². The van der Waals surface area contributed by atoms with Crippen molar-refractivity contribution in [1.82, 2.24) is 14.8 Å². The van der Waals surface area contributed by atoms with E-state index in [-0.39, 0.29) is 85.7 Å². The first-order chi connectivity index (χ1) is 15.2. The van der Waals surface area contributed by atoms with E-state index in [1.807, 2.05) is 0 Å². The van der Waals surface area contributed by atoms with Gasteiger partial charge in [-0.25, -0.2) is 4.39 Å². The minimum atomic E-state index is -1.06. The number of carbonyl (C=O) groups excluding carboxylic acids is 2. The topological polar surface area (TPSA) is 104 Å². The van der Waals surface area contributed by atoms with Crippen molar-refractivity contribution in [3.8, 4) is 5.75 Å². The van der Waals surface area contributed by atoms with Crippen molar-refractivity contribution in [1.29, 1.82) is 0 Å². The molecule has 1 aromatic heterocycles. The van der Waals surface area contributed by atoms with Crippen LogP contribution >= 0.6 is 11.6 Å². The number of hydrogen-bond donors (Lipinski definition) is 1. The number of fused-ring (bicyclic) bond motifs is 2. The van der Waals surface area contributed by atoms with Crippen LogP contribution in [0.3, 0.4) is 0 Å². The first-order valence-corrected chi connectivity index (χ1v) is 10.5. The van der Waals surface area contributed by atoms with Crippen molar-refractivity contribution in [3.05, 3.63) is 62.3 Å². The van der Waals surface area contributed by atoms with Crippen LogP contribution in [0.25, 0.3) is 0 Å². The van der Waals surface area contributed by atoms with Gasteiger partial charge in [0.15, 0.2) is 5.43 Å². The van der Waals surface area contributed by atoms with E-state index in [0.29, 0.717) is 26.0 Å². The number of pyridine rings is 1. The fraction of sp³-hybridized carbons (Fsp3) is 0.409. The zero-order valence-corrected chi connectivity index (χ0v) is 22.5. The summed E-state index contributed by atoms with van der Waals surface area (Å²) < 4.78 is 20.8. The third-order valence-corrected chi connectivity index (χ3v) is 6.50. The normalized spacial score (nSPS) is 21.3. The number of halogens is 2. The van der Waals surface area contributed by atoms with E-state index >= 15 is 0 Å². The largest absolute Gasteiger partial charge is 1.00 e. The first-order valence-electron chi connectivity index (χ1n) is 10.1. The first kappa shape index (κ1) is 26.3. The summed E-state index contributed by atoms with van der Waals surface area (Å²) in [5.74, 6) is -2.82. The van der Waals surface area contributed by atoms with E-state index in [1.165, 1.54) is 33.9 Å². The number of methoxy groups -OCH3 is 1. The fourth-order valence-corrected chi connectivity index (χ4v) is 4.94. The molecule has 11 heteroatoms. The number of benzene rings is 1. The molecular weight excluding hydrogens is 480 g/mol. The second-order valence-corrected chi connectivity index (χ2v) is 8.84. The van der Waals surface area contributed by atoms with E-state index in [4.69, 9.17) is 16.3 Å². The van der Waals surface area contributed by atoms with E-state index in [1.54, 1.807) is 14.2 Å². The summed E-state index contributed by atoms with van der Waals surface area (Å²) in [4.78, 5) is 39.6. The van der Waals surface area contributed by atoms with Gasteiger partial charge in [0, 0.05) is 45.6 Å². The molecule has 33 heavy (non-hydrogen) atoms. The van der Waals surface area contributed by atoms with Crippen LogP contribution in [0.4, 0.5) is 4.39 Å². The van der Waals surface area contributed by atoms with Crippen LogP contribution in [0.5, 0.6) is 5.75 Å². The van der Waals surface area contributed by atoms with Crippen molar-refractivity contribution >= 4 is 23.4 Å². The van der Waals surface area contributed by atoms with Gasteiger partial charge in [-0.3, -0.25) is 14.4 Å². The molecule has 1 N–H and O–H groups in total. The standard InChI is InChI=1S/C22H23ClFN3O5.K/c1-26-11-22(6-12(7-22)10-32-2)27-9-14(18(28)19(29)17(27)21(26)31)20(30)25-8-13-4-3-5-15(23)16(13)24;/h3-5,9,12,29H,6-8,10-11H2,1-2H3,(H,25,30);/q;+1/p-1. The molecule has 1 aliphatic carbocycles. The molecule has 1 saturated carbocycles. The molecule has 8 nitrogen and oxygen atoms in total. The monoisotopic (exact) mass is 501 g/mol. The second kappa shape index (κ2) is 10.1. The van der Waals surface area contributed by atoms with Crippen molar-refractivity contribution in [2.45, 2.75) is 24.9 Å². The number of aromatic nitrogens is 1. The number of nitrogens with zero attached hydrogens (tertiary/aromatic N) is 2. The molecule has 1 spiro atoms. The molecule has 2 amide bonds. The molecule has 170 valence electrons. The van der Waals surface area contributed by atoms with Crippen LogP contribution in [-0.4, -0.2) is 48.6 Å². The van der Waals surface area contributed by atoms with Gasteiger partial charge < -0.3 is 24.6 Å². The van der Waals surface area contributed by atoms with Crippen LogP contribution in [0, 0.1) is 11.7 Å². The Kier molecular flexibility index (Phi) is 8.10. The molecule has 0 bridgehead atoms. The van der Waals surface area contributed by atoms with E-state index in [2.05, 4.69) is 5.32 Å². The molecule has 1 aromatic carbocycles. The van der Waals surface area contributed by atoms with Crippen LogP contribution in [0.15, 0.2) is 29.2 Å². The van der Waals surface area contributed by atoms with Crippen molar-refractivity contribution in [2.24, 2.45) is 5.92 Å². The maximum atomic E-state index is 14.1. The van der Waals surface area contributed by atoms with Crippen LogP contribution in [0.1, 0.15) is 39.3 Å². The van der Waals surface area contributed by atoms with Gasteiger partial charge in [-0.05, 0) is 30.6 Å². The molecule has 0 saturated heterocycles. The number of rotatable bonds is 5. The Hall–Kier alpha value is -1.27. The van der Waals surface area contributed by atoms with Crippen LogP contribution in [-0.2, 0) is 16.8 Å². The molecule has 1 fully saturated rings. The number of likely N-dealkylation sites (N-methyl/N-ethyl adjacent to an activating group) is 1. The van der Waals surface area contributed by atoms with Gasteiger partial charge >= 0.3 is 51.4 Å². The molecular formula is C22H22ClFKN3O5. The summed E-state index contributed by atoms with van der Waals surface area (Å²) in [6.07, 6.45) is 2.57. The van der Waals surface area contributed by atoms with Gasteiger partial charge in [-0.15, -0.1) is 0 Å². The fourth-order valence-electron chi connectivity index (χ4n) is 4.75. The minimum absolute atomic E-state index is 0. The molecule has 2 aliphatic rings. The summed E-state index contributed by atoms with van der Waals surface area (Å²) >= 11 is 5.76. The van der Waals surface area contributed by atoms with Gasteiger partial charge in [-0.2, -0.15) is 0 Å². The zero-order chi connectivity index (χ0) is 23.2. The van der Waals surface area contributed by atoms with E-state index in [0.717, 1.165) is 0 Å². The number of ether oxygens (including phenoxy) is 1. The Morgan fingerprint density at radius 3 is 2.73 bits per heavy atom. The van der Waals surface area contributed by atoms with Crippen LogP contribution in [0.2, 0.25) is 5.02 Å². The van der Waals surface area contributed by atoms with Gasteiger partial charge in [-0.1, -0.05) is 23.7 Å². The smallest absolute Gasteiger partial charge is 0.868 e. The van der Waals surface area contributed by atoms with Gasteiger partial charge in [0.25, 0.3) is 11.8 Å². The Bertz CT molecular complexity index is 1170. The predicted molar refractivity (Wildman–Crippen MR) is 112 cm³/mol. The Labute approximate surface area is 237 Å². The van der Waals surface area contributed by atoms with Crippen molar-refractivity contribution in [2.75, 3.05) is 27.3 Å². The average molecular weight is 502 g/mol. The molecule has 0 unspecified atom stereocenters. The maximum Gasteiger partial charge on any atom is 1.00 e. The Morgan fingerprint density at radius 1 is 1.36 bits per heavy atom. The summed E-state index contributed by atoms with van der Waals surface area (Å²) in [7, 11) is 3.19. The summed E-state index contributed by atoms with van der Waals surface area (Å²) in [6, 6.07) is 4.37. The summed E-state index contributed by atoms with van der Waals surface area (Å²) in [5.41, 5.74) is -2.12. The molecule has 0 radical (unpaired) electrons. The number of nitrogens with one attached hydrogen (secondary N) is 1. The number of amides is 2. The van der Waals surface area contributed by atoms with Crippen molar-refractivity contribution in [3.63, 3.8) is 0 Å². The summed E-state index contributed by atoms with van der Waals surface area (Å²) in [5, 5.41) is 15.2. The third-order valence-electron chi connectivity index (χ3n) is 6.21. The molecule has 2 heterocycles. The van der Waals surface area contributed by atoms with Gasteiger partial charge in [0.1, 0.15) is 17.1 Å². The number of hydrogen-bond acceptors (Lipinski definition) is 5. The second-order valence-electron chi connectivity index (χ2n) is 8.43. The third kappa shape index (κ3) is 4.66. The van der Waals surface area contributed by atoms with Gasteiger partial charge in [0.05, 0.1) is 10.6 Å². The molecule has 1 aliphatic heterocycles. The maximum absolute atomic E-state index is 14.1. The predicted octanol–water partition coefficient (Wildman–Crippen LogP) is -1.51. The Balaban J connectivity index is 0.00000306. The van der Waals surface area contributed by atoms with Gasteiger partial charge in [0.2, 0.25) is 0 Å². The Morgan fingerprint density at radius 2 is 2.06 bits per heavy atom.